The summed E-state index contributed by atoms with van der Waals surface area (Å²) in [5, 5.41) is 0. The van der Waals surface area contributed by atoms with Crippen LogP contribution in [0.1, 0.15) is 95.1 Å². The Morgan fingerprint density at radius 3 is 1.57 bits per heavy atom. The Bertz CT molecular complexity index is 1340. The van der Waals surface area contributed by atoms with Gasteiger partial charge in [0.1, 0.15) is 24.0 Å². The Balaban J connectivity index is 0.000000217. The summed E-state index contributed by atoms with van der Waals surface area (Å²) in [5.74, 6) is 0.803. The molecule has 2 fully saturated rings. The molecule has 0 spiro atoms. The first kappa shape index (κ1) is 37.9. The molecule has 2 aliphatic carbocycles. The maximum absolute atomic E-state index is 12.8. The van der Waals surface area contributed by atoms with Crippen LogP contribution >= 0.6 is 0 Å². The average molecular weight is 684 g/mol. The molecule has 1 aliphatic heterocycles. The van der Waals surface area contributed by atoms with Gasteiger partial charge in [-0.25, -0.2) is 0 Å². The van der Waals surface area contributed by atoms with Crippen molar-refractivity contribution in [1.29, 1.82) is 0 Å². The number of carbonyl (C=O) groups is 1. The molecule has 14 heteroatoms. The number of nitrogens with one attached hydrogen (secondary N) is 2. The summed E-state index contributed by atoms with van der Waals surface area (Å²) in [6.07, 6.45) is 9.92. The van der Waals surface area contributed by atoms with Crippen molar-refractivity contribution < 1.29 is 40.2 Å². The van der Waals surface area contributed by atoms with Gasteiger partial charge in [0.15, 0.2) is 0 Å². The zero-order chi connectivity index (χ0) is 33.6. The fourth-order valence-corrected chi connectivity index (χ4v) is 7.24. The minimum absolute atomic E-state index is 0.0428. The molecule has 0 aromatic heterocycles. The van der Waals surface area contributed by atoms with Crippen molar-refractivity contribution in [2.24, 2.45) is 0 Å². The second-order valence-electron chi connectivity index (χ2n) is 11.7. The standard InChI is InChI=1S/C20H23NO3.2C6H13NO3S/c1-3-21(4-2)13-14-23-20(22)19-15-9-5-7-11-17(15)24-18-12-8-6-10-16(18)19;2*8-11(9,10)7-6-4-2-1-3-5-6/h5-12,19H,3-4,13-14H2,1-2H3;2*6-7H,1-5H2,(H,8,9,10). The minimum Gasteiger partial charge on any atom is -0.464 e. The van der Waals surface area contributed by atoms with E-state index in [0.29, 0.717) is 6.61 Å². The molecule has 4 N–H and O–H groups in total. The summed E-state index contributed by atoms with van der Waals surface area (Å²) >= 11 is 0. The number of carbonyl (C=O) groups excluding carboxylic acids is 1. The van der Waals surface area contributed by atoms with E-state index in [2.05, 4.69) is 28.2 Å². The molecule has 3 aliphatic rings. The van der Waals surface area contributed by atoms with Crippen LogP contribution in [0.15, 0.2) is 48.5 Å². The third-order valence-electron chi connectivity index (χ3n) is 8.30. The molecule has 2 aromatic carbocycles. The van der Waals surface area contributed by atoms with Crippen molar-refractivity contribution in [3.8, 4) is 11.5 Å². The lowest BCUT2D eigenvalue weighted by molar-refractivity contribution is -0.145. The quantitative estimate of drug-likeness (QED) is 0.192. The Hall–Kier alpha value is -2.59. The SMILES string of the molecule is CCN(CC)CCOC(=O)C1c2ccccc2Oc2ccccc21.O=S(=O)(O)NC1CCCCC1.O=S(=O)(O)NC1CCCCC1. The Labute approximate surface area is 274 Å². The molecule has 258 valence electrons. The lowest BCUT2D eigenvalue weighted by atomic mass is 9.88. The van der Waals surface area contributed by atoms with E-state index in [1.54, 1.807) is 0 Å². The van der Waals surface area contributed by atoms with Crippen LogP contribution in [0.3, 0.4) is 0 Å². The van der Waals surface area contributed by atoms with Crippen molar-refractivity contribution in [3.63, 3.8) is 0 Å². The van der Waals surface area contributed by atoms with Gasteiger partial charge in [-0.05, 0) is 50.9 Å². The van der Waals surface area contributed by atoms with Gasteiger partial charge in [-0.2, -0.15) is 26.3 Å². The van der Waals surface area contributed by atoms with Gasteiger partial charge in [0.05, 0.1) is 0 Å². The first-order valence-electron chi connectivity index (χ1n) is 16.1. The number of likely N-dealkylation sites (N-methyl/N-ethyl adjacent to an activating group) is 1. The molecule has 2 saturated carbocycles. The van der Waals surface area contributed by atoms with E-state index in [-0.39, 0.29) is 18.1 Å². The predicted molar refractivity (Wildman–Crippen MR) is 177 cm³/mol. The normalized spacial score (nSPS) is 17.3. The molecule has 0 amide bonds. The number of rotatable bonds is 10. The average Bonchev–Trinajstić information content (AvgIpc) is 3.02. The molecule has 0 unspecified atom stereocenters. The van der Waals surface area contributed by atoms with E-state index >= 15 is 0 Å². The highest BCUT2D eigenvalue weighted by Gasteiger charge is 2.33. The van der Waals surface area contributed by atoms with Crippen molar-refractivity contribution in [1.82, 2.24) is 14.3 Å². The number of fused-ring (bicyclic) bond motifs is 2. The molecular weight excluding hydrogens is 634 g/mol. The molecular formula is C32H49N3O9S2. The van der Waals surface area contributed by atoms with Crippen LogP contribution in [0.25, 0.3) is 0 Å². The van der Waals surface area contributed by atoms with Crippen molar-refractivity contribution in [3.05, 3.63) is 59.7 Å². The number of hydrogen-bond donors (Lipinski definition) is 4. The Morgan fingerprint density at radius 1 is 0.761 bits per heavy atom. The van der Waals surface area contributed by atoms with Crippen LogP contribution in [-0.2, 0) is 30.1 Å². The van der Waals surface area contributed by atoms with Crippen LogP contribution in [0.5, 0.6) is 11.5 Å². The van der Waals surface area contributed by atoms with Crippen LogP contribution in [-0.4, -0.2) is 75.1 Å². The fourth-order valence-electron chi connectivity index (χ4n) is 5.92. The van der Waals surface area contributed by atoms with Crippen LogP contribution < -0.4 is 14.2 Å². The molecule has 5 rings (SSSR count). The molecule has 46 heavy (non-hydrogen) atoms. The van der Waals surface area contributed by atoms with E-state index in [0.717, 1.165) is 93.6 Å². The largest absolute Gasteiger partial charge is 0.464 e. The summed E-state index contributed by atoms with van der Waals surface area (Å²) in [7, 11) is -7.95. The zero-order valence-corrected chi connectivity index (χ0v) is 28.4. The van der Waals surface area contributed by atoms with E-state index in [4.69, 9.17) is 18.6 Å². The van der Waals surface area contributed by atoms with E-state index < -0.39 is 26.5 Å². The van der Waals surface area contributed by atoms with Gasteiger partial charge in [0.2, 0.25) is 0 Å². The fraction of sp³-hybridized carbons (Fsp3) is 0.594. The van der Waals surface area contributed by atoms with Crippen molar-refractivity contribution in [2.45, 2.75) is 96.1 Å². The van der Waals surface area contributed by atoms with Crippen LogP contribution in [0.2, 0.25) is 0 Å². The van der Waals surface area contributed by atoms with E-state index in [1.165, 1.54) is 12.8 Å². The number of nitrogens with zero attached hydrogens (tertiary/aromatic N) is 1. The second-order valence-corrected chi connectivity index (χ2v) is 14.0. The van der Waals surface area contributed by atoms with E-state index in [9.17, 15) is 21.6 Å². The monoisotopic (exact) mass is 683 g/mol. The molecule has 0 bridgehead atoms. The van der Waals surface area contributed by atoms with Gasteiger partial charge in [-0.1, -0.05) is 88.8 Å². The summed E-state index contributed by atoms with van der Waals surface area (Å²) in [5.41, 5.74) is 1.73. The maximum Gasteiger partial charge on any atom is 0.333 e. The van der Waals surface area contributed by atoms with Gasteiger partial charge >= 0.3 is 26.6 Å². The highest BCUT2D eigenvalue weighted by atomic mass is 32.2. The van der Waals surface area contributed by atoms with Gasteiger partial charge in [0.25, 0.3) is 0 Å². The third kappa shape index (κ3) is 13.3. The summed E-state index contributed by atoms with van der Waals surface area (Å²) in [6.45, 7) is 7.29. The smallest absolute Gasteiger partial charge is 0.333 e. The lowest BCUT2D eigenvalue weighted by Gasteiger charge is -2.27. The molecule has 1 heterocycles. The topological polar surface area (TPSA) is 172 Å². The second kappa shape index (κ2) is 18.7. The third-order valence-corrected chi connectivity index (χ3v) is 9.57. The van der Waals surface area contributed by atoms with Gasteiger partial charge < -0.3 is 14.4 Å². The molecule has 0 radical (unpaired) electrons. The highest BCUT2D eigenvalue weighted by Crippen LogP contribution is 2.44. The molecule has 0 saturated heterocycles. The molecule has 2 aromatic rings. The van der Waals surface area contributed by atoms with E-state index in [1.807, 2.05) is 48.5 Å². The number of hydrogen-bond acceptors (Lipinski definition) is 8. The van der Waals surface area contributed by atoms with Gasteiger partial charge in [0, 0.05) is 29.8 Å². The van der Waals surface area contributed by atoms with Crippen LogP contribution in [0.4, 0.5) is 0 Å². The summed E-state index contributed by atoms with van der Waals surface area (Å²) < 4.78 is 74.1. The Morgan fingerprint density at radius 2 is 1.17 bits per heavy atom. The van der Waals surface area contributed by atoms with Gasteiger partial charge in [-0.15, -0.1) is 0 Å². The minimum atomic E-state index is -3.97. The maximum atomic E-state index is 12.8. The predicted octanol–water partition coefficient (Wildman–Crippen LogP) is 5.23. The molecule has 0 atom stereocenters. The zero-order valence-electron chi connectivity index (χ0n) is 26.8. The number of benzene rings is 2. The van der Waals surface area contributed by atoms with Crippen molar-refractivity contribution in [2.75, 3.05) is 26.2 Å². The van der Waals surface area contributed by atoms with Gasteiger partial charge in [-0.3, -0.25) is 13.9 Å². The first-order chi connectivity index (χ1) is 21.9. The number of ether oxygens (including phenoxy) is 2. The number of esters is 1. The highest BCUT2D eigenvalue weighted by molar-refractivity contribution is 7.84. The Kier molecular flexibility index (Phi) is 15.4. The lowest BCUT2D eigenvalue weighted by Crippen LogP contribution is -2.35. The number of para-hydroxylation sites is 2. The summed E-state index contributed by atoms with van der Waals surface area (Å²) in [6, 6.07) is 15.2. The van der Waals surface area contributed by atoms with Crippen LogP contribution in [0, 0.1) is 0 Å². The van der Waals surface area contributed by atoms with Crippen molar-refractivity contribution >= 4 is 26.6 Å². The first-order valence-corrected chi connectivity index (χ1v) is 19.0. The summed E-state index contributed by atoms with van der Waals surface area (Å²) in [4.78, 5) is 15.0. The molecule has 12 nitrogen and oxygen atoms in total.